The van der Waals surface area contributed by atoms with Gasteiger partial charge in [0.15, 0.2) is 0 Å². The highest BCUT2D eigenvalue weighted by Crippen LogP contribution is 2.44. The van der Waals surface area contributed by atoms with Crippen molar-refractivity contribution in [3.63, 3.8) is 0 Å². The minimum absolute atomic E-state index is 0.0106. The predicted molar refractivity (Wildman–Crippen MR) is 123 cm³/mol. The summed E-state index contributed by atoms with van der Waals surface area (Å²) in [5.74, 6) is -1.56. The number of carbonyl (C=O) groups is 3. The number of alkyl carbamates (subject to hydrolysis) is 1. The molecule has 0 radical (unpaired) electrons. The van der Waals surface area contributed by atoms with Crippen molar-refractivity contribution < 1.29 is 29.0 Å². The van der Waals surface area contributed by atoms with Crippen LogP contribution in [0.4, 0.5) is 4.79 Å². The highest BCUT2D eigenvalue weighted by molar-refractivity contribution is 5.79. The summed E-state index contributed by atoms with van der Waals surface area (Å²) in [7, 11) is 0. The predicted octanol–water partition coefficient (Wildman–Crippen LogP) is 3.16. The number of amides is 2. The molecule has 1 atom stereocenters. The second-order valence-corrected chi connectivity index (χ2v) is 7.99. The van der Waals surface area contributed by atoms with Crippen molar-refractivity contribution in [2.24, 2.45) is 5.92 Å². The van der Waals surface area contributed by atoms with Gasteiger partial charge in [0.1, 0.15) is 6.61 Å². The Balaban J connectivity index is 1.29. The Kier molecular flexibility index (Phi) is 8.83. The van der Waals surface area contributed by atoms with Gasteiger partial charge in [-0.25, -0.2) is 4.79 Å². The molecule has 3 N–H and O–H groups in total. The fraction of sp³-hybridized carbons (Fsp3) is 0.400. The number of nitrogens with one attached hydrogen (secondary N) is 2. The van der Waals surface area contributed by atoms with Crippen LogP contribution in [0.1, 0.15) is 36.8 Å². The van der Waals surface area contributed by atoms with Gasteiger partial charge in [-0.15, -0.1) is 0 Å². The third-order valence-corrected chi connectivity index (χ3v) is 5.65. The lowest BCUT2D eigenvalue weighted by molar-refractivity contribution is -0.141. The lowest BCUT2D eigenvalue weighted by atomic mass is 9.98. The summed E-state index contributed by atoms with van der Waals surface area (Å²) in [5, 5.41) is 14.1. The Morgan fingerprint density at radius 2 is 1.58 bits per heavy atom. The summed E-state index contributed by atoms with van der Waals surface area (Å²) in [6.45, 7) is 2.91. The maximum absolute atomic E-state index is 12.1. The SMILES string of the molecule is CC(CCNC(=O)CCOCCNC(=O)OCC1c2ccccc2-c2ccccc21)C(=O)O. The highest BCUT2D eigenvalue weighted by atomic mass is 16.5. The highest BCUT2D eigenvalue weighted by Gasteiger charge is 2.28. The molecule has 0 spiro atoms. The van der Waals surface area contributed by atoms with Gasteiger partial charge in [0.05, 0.1) is 19.1 Å². The summed E-state index contributed by atoms with van der Waals surface area (Å²) in [6.07, 6.45) is 0.0454. The van der Waals surface area contributed by atoms with Crippen LogP contribution >= 0.6 is 0 Å². The lowest BCUT2D eigenvalue weighted by Gasteiger charge is -2.14. The summed E-state index contributed by atoms with van der Waals surface area (Å²) in [6, 6.07) is 16.3. The van der Waals surface area contributed by atoms with Gasteiger partial charge in [-0.1, -0.05) is 55.5 Å². The Bertz CT molecular complexity index is 931. The Labute approximate surface area is 193 Å². The van der Waals surface area contributed by atoms with Crippen LogP contribution in [0.25, 0.3) is 11.1 Å². The minimum Gasteiger partial charge on any atom is -0.481 e. The number of carboxylic acids is 1. The Hall–Kier alpha value is -3.39. The molecule has 8 heteroatoms. The summed E-state index contributed by atoms with van der Waals surface area (Å²) < 4.78 is 10.8. The fourth-order valence-corrected chi connectivity index (χ4v) is 3.78. The molecule has 0 saturated carbocycles. The summed E-state index contributed by atoms with van der Waals surface area (Å²) in [4.78, 5) is 34.5. The van der Waals surface area contributed by atoms with Gasteiger partial charge in [-0.2, -0.15) is 0 Å². The van der Waals surface area contributed by atoms with Crippen LogP contribution in [-0.4, -0.2) is 56.0 Å². The van der Waals surface area contributed by atoms with Crippen LogP contribution in [0.15, 0.2) is 48.5 Å². The van der Waals surface area contributed by atoms with E-state index >= 15 is 0 Å². The van der Waals surface area contributed by atoms with E-state index in [4.69, 9.17) is 14.6 Å². The zero-order valence-corrected chi connectivity index (χ0v) is 18.7. The quantitative estimate of drug-likeness (QED) is 0.425. The van der Waals surface area contributed by atoms with Gasteiger partial charge in [-0.3, -0.25) is 9.59 Å². The van der Waals surface area contributed by atoms with E-state index in [9.17, 15) is 14.4 Å². The number of aliphatic carboxylic acids is 1. The minimum atomic E-state index is -0.878. The summed E-state index contributed by atoms with van der Waals surface area (Å²) in [5.41, 5.74) is 4.67. The van der Waals surface area contributed by atoms with Crippen molar-refractivity contribution in [1.82, 2.24) is 10.6 Å². The van der Waals surface area contributed by atoms with E-state index in [0.29, 0.717) is 13.0 Å². The molecule has 0 bridgehead atoms. The number of carboxylic acid groups (broad SMARTS) is 1. The average Bonchev–Trinajstić information content (AvgIpc) is 3.13. The van der Waals surface area contributed by atoms with Gasteiger partial charge in [-0.05, 0) is 28.7 Å². The van der Waals surface area contributed by atoms with Crippen molar-refractivity contribution in [2.45, 2.75) is 25.7 Å². The van der Waals surface area contributed by atoms with Crippen LogP contribution in [0, 0.1) is 5.92 Å². The zero-order valence-electron chi connectivity index (χ0n) is 18.7. The average molecular weight is 455 g/mol. The second-order valence-electron chi connectivity index (χ2n) is 7.99. The topological polar surface area (TPSA) is 114 Å². The van der Waals surface area contributed by atoms with Crippen LogP contribution in [-0.2, 0) is 19.1 Å². The maximum Gasteiger partial charge on any atom is 0.407 e. The molecule has 0 fully saturated rings. The van der Waals surface area contributed by atoms with Crippen molar-refractivity contribution in [2.75, 3.05) is 32.9 Å². The van der Waals surface area contributed by atoms with E-state index in [1.54, 1.807) is 6.92 Å². The molecule has 1 unspecified atom stereocenters. The third-order valence-electron chi connectivity index (χ3n) is 5.65. The van der Waals surface area contributed by atoms with Crippen LogP contribution in [0.2, 0.25) is 0 Å². The number of hydrogen-bond donors (Lipinski definition) is 3. The summed E-state index contributed by atoms with van der Waals surface area (Å²) >= 11 is 0. The standard InChI is InChI=1S/C25H30N2O6/c1-17(24(29)30)10-12-26-23(28)11-14-32-15-13-27-25(31)33-16-22-20-8-4-2-6-18(20)19-7-3-5-9-21(19)22/h2-9,17,22H,10-16H2,1H3,(H,26,28)(H,27,31)(H,29,30). The molecule has 2 aromatic rings. The van der Waals surface area contributed by atoms with Crippen molar-refractivity contribution in [1.29, 1.82) is 0 Å². The number of rotatable bonds is 12. The zero-order chi connectivity index (χ0) is 23.6. The van der Waals surface area contributed by atoms with E-state index in [2.05, 4.69) is 34.9 Å². The monoisotopic (exact) mass is 454 g/mol. The maximum atomic E-state index is 12.1. The first-order valence-electron chi connectivity index (χ1n) is 11.1. The fourth-order valence-electron chi connectivity index (χ4n) is 3.78. The molecule has 0 heterocycles. The number of fused-ring (bicyclic) bond motifs is 3. The Morgan fingerprint density at radius 1 is 0.939 bits per heavy atom. The molecule has 176 valence electrons. The molecular weight excluding hydrogens is 424 g/mol. The molecule has 1 aliphatic rings. The van der Waals surface area contributed by atoms with E-state index in [0.717, 1.165) is 11.1 Å². The smallest absolute Gasteiger partial charge is 0.407 e. The van der Waals surface area contributed by atoms with E-state index in [1.807, 2.05) is 24.3 Å². The molecular formula is C25H30N2O6. The molecule has 8 nitrogen and oxygen atoms in total. The molecule has 3 rings (SSSR count). The number of hydrogen-bond acceptors (Lipinski definition) is 5. The largest absolute Gasteiger partial charge is 0.481 e. The third kappa shape index (κ3) is 6.79. The lowest BCUT2D eigenvalue weighted by Crippen LogP contribution is -2.30. The molecule has 0 saturated heterocycles. The van der Waals surface area contributed by atoms with Crippen molar-refractivity contribution in [3.05, 3.63) is 59.7 Å². The normalized spacial score (nSPS) is 13.0. The first-order valence-corrected chi connectivity index (χ1v) is 11.1. The van der Waals surface area contributed by atoms with Gasteiger partial charge < -0.3 is 25.2 Å². The van der Waals surface area contributed by atoms with Crippen LogP contribution in [0.5, 0.6) is 0 Å². The van der Waals surface area contributed by atoms with E-state index in [1.165, 1.54) is 11.1 Å². The van der Waals surface area contributed by atoms with Gasteiger partial charge in [0, 0.05) is 25.4 Å². The first kappa shape index (κ1) is 24.3. The molecule has 0 aromatic heterocycles. The first-order chi connectivity index (χ1) is 16.0. The Morgan fingerprint density at radius 3 is 2.21 bits per heavy atom. The molecule has 0 aliphatic heterocycles. The molecule has 2 aromatic carbocycles. The van der Waals surface area contributed by atoms with E-state index in [-0.39, 0.29) is 44.6 Å². The van der Waals surface area contributed by atoms with Crippen LogP contribution in [0.3, 0.4) is 0 Å². The number of carbonyl (C=O) groups excluding carboxylic acids is 2. The van der Waals surface area contributed by atoms with Gasteiger partial charge >= 0.3 is 12.1 Å². The van der Waals surface area contributed by atoms with Crippen molar-refractivity contribution in [3.8, 4) is 11.1 Å². The van der Waals surface area contributed by atoms with Gasteiger partial charge in [0.25, 0.3) is 0 Å². The van der Waals surface area contributed by atoms with Crippen molar-refractivity contribution >= 4 is 18.0 Å². The molecule has 33 heavy (non-hydrogen) atoms. The molecule has 1 aliphatic carbocycles. The number of ether oxygens (including phenoxy) is 2. The van der Waals surface area contributed by atoms with Gasteiger partial charge in [0.2, 0.25) is 5.91 Å². The second kappa shape index (κ2) is 12.0. The van der Waals surface area contributed by atoms with Crippen LogP contribution < -0.4 is 10.6 Å². The molecule has 2 amide bonds. The van der Waals surface area contributed by atoms with E-state index < -0.39 is 18.0 Å². The number of benzene rings is 2.